The summed E-state index contributed by atoms with van der Waals surface area (Å²) in [5, 5.41) is 12.5. The second kappa shape index (κ2) is 10.8. The van der Waals surface area contributed by atoms with Crippen molar-refractivity contribution in [2.45, 2.75) is 44.4 Å². The monoisotopic (exact) mass is 424 g/mol. The zero-order valence-corrected chi connectivity index (χ0v) is 18.5. The van der Waals surface area contributed by atoms with E-state index in [1.807, 2.05) is 60.9 Å². The van der Waals surface area contributed by atoms with Gasteiger partial charge in [0.25, 0.3) is 0 Å². The lowest BCUT2D eigenvalue weighted by atomic mass is 10.1. The van der Waals surface area contributed by atoms with Crippen molar-refractivity contribution in [2.75, 3.05) is 12.9 Å². The minimum atomic E-state index is 0.0113. The Morgan fingerprint density at radius 1 is 1.13 bits per heavy atom. The molecule has 3 aromatic rings. The highest BCUT2D eigenvalue weighted by atomic mass is 32.2. The van der Waals surface area contributed by atoms with Crippen LogP contribution in [0, 0.1) is 0 Å². The molecular formula is C23H28N4O2S. The zero-order valence-electron chi connectivity index (χ0n) is 17.7. The third kappa shape index (κ3) is 5.86. The highest BCUT2D eigenvalue weighted by molar-refractivity contribution is 7.99. The maximum absolute atomic E-state index is 12.4. The fraction of sp³-hybridized carbons (Fsp3) is 0.348. The molecule has 1 aromatic heterocycles. The third-order valence-corrected chi connectivity index (χ3v) is 5.80. The number of carbonyl (C=O) groups excluding carboxylic acids is 1. The van der Waals surface area contributed by atoms with E-state index in [9.17, 15) is 4.79 Å². The van der Waals surface area contributed by atoms with Gasteiger partial charge in [-0.25, -0.2) is 0 Å². The number of nitrogens with zero attached hydrogens (tertiary/aromatic N) is 3. The standard InChI is InChI=1S/C23H28N4O2S/c1-4-27-22(19-12-14-20(29-3)15-13-19)25-26-23(27)30-16-21(28)24-17(2)10-11-18-8-6-5-7-9-18/h5-9,12-15,17H,4,10-11,16H2,1-3H3,(H,24,28)/t17-/m0/s1. The van der Waals surface area contributed by atoms with E-state index in [1.165, 1.54) is 17.3 Å². The summed E-state index contributed by atoms with van der Waals surface area (Å²) in [5.74, 6) is 1.92. The lowest BCUT2D eigenvalue weighted by molar-refractivity contribution is -0.119. The van der Waals surface area contributed by atoms with E-state index in [0.717, 1.165) is 41.7 Å². The topological polar surface area (TPSA) is 69.0 Å². The van der Waals surface area contributed by atoms with E-state index in [2.05, 4.69) is 27.6 Å². The van der Waals surface area contributed by atoms with Crippen LogP contribution in [0.25, 0.3) is 11.4 Å². The average molecular weight is 425 g/mol. The summed E-state index contributed by atoms with van der Waals surface area (Å²) in [4.78, 5) is 12.4. The number of nitrogens with one attached hydrogen (secondary N) is 1. The van der Waals surface area contributed by atoms with Crippen molar-refractivity contribution in [3.05, 3.63) is 60.2 Å². The van der Waals surface area contributed by atoms with Crippen LogP contribution in [0.1, 0.15) is 25.8 Å². The average Bonchev–Trinajstić information content (AvgIpc) is 3.20. The van der Waals surface area contributed by atoms with Gasteiger partial charge in [-0.2, -0.15) is 0 Å². The molecule has 0 unspecified atom stereocenters. The Hall–Kier alpha value is -2.80. The van der Waals surface area contributed by atoms with Gasteiger partial charge in [0.2, 0.25) is 5.91 Å². The Labute approximate surface area is 182 Å². The molecule has 0 aliphatic heterocycles. The number of aryl methyl sites for hydroxylation is 1. The van der Waals surface area contributed by atoms with Crippen LogP contribution >= 0.6 is 11.8 Å². The molecule has 0 aliphatic carbocycles. The predicted octanol–water partition coefficient (Wildman–Crippen LogP) is 4.20. The Kier molecular flexibility index (Phi) is 7.90. The Morgan fingerprint density at radius 3 is 2.53 bits per heavy atom. The number of rotatable bonds is 10. The van der Waals surface area contributed by atoms with Gasteiger partial charge in [-0.1, -0.05) is 42.1 Å². The van der Waals surface area contributed by atoms with Crippen LogP contribution in [0.15, 0.2) is 59.8 Å². The first-order valence-corrected chi connectivity index (χ1v) is 11.1. The van der Waals surface area contributed by atoms with Crippen LogP contribution in [-0.2, 0) is 17.8 Å². The second-order valence-corrected chi connectivity index (χ2v) is 8.00. The van der Waals surface area contributed by atoms with E-state index in [0.29, 0.717) is 5.75 Å². The first-order valence-electron chi connectivity index (χ1n) is 10.1. The molecule has 0 radical (unpaired) electrons. The molecule has 0 saturated carbocycles. The molecule has 1 heterocycles. The fourth-order valence-corrected chi connectivity index (χ4v) is 3.99. The molecular weight excluding hydrogens is 396 g/mol. The SMILES string of the molecule is CCn1c(SCC(=O)N[C@@H](C)CCc2ccccc2)nnc1-c1ccc(OC)cc1. The van der Waals surface area contributed by atoms with Gasteiger partial charge in [-0.3, -0.25) is 4.79 Å². The maximum atomic E-state index is 12.4. The van der Waals surface area contributed by atoms with Gasteiger partial charge in [0.1, 0.15) is 5.75 Å². The van der Waals surface area contributed by atoms with E-state index >= 15 is 0 Å². The van der Waals surface area contributed by atoms with Crippen molar-refractivity contribution < 1.29 is 9.53 Å². The minimum absolute atomic E-state index is 0.0113. The number of aromatic nitrogens is 3. The molecule has 7 heteroatoms. The summed E-state index contributed by atoms with van der Waals surface area (Å²) in [6, 6.07) is 18.2. The highest BCUT2D eigenvalue weighted by Gasteiger charge is 2.15. The number of ether oxygens (including phenoxy) is 1. The molecule has 1 amide bonds. The fourth-order valence-electron chi connectivity index (χ4n) is 3.18. The first kappa shape index (κ1) is 21.9. The largest absolute Gasteiger partial charge is 0.497 e. The van der Waals surface area contributed by atoms with E-state index in [1.54, 1.807) is 7.11 Å². The van der Waals surface area contributed by atoms with E-state index in [4.69, 9.17) is 4.74 Å². The molecule has 1 atom stereocenters. The van der Waals surface area contributed by atoms with Crippen LogP contribution in [0.4, 0.5) is 0 Å². The van der Waals surface area contributed by atoms with Crippen LogP contribution in [0.5, 0.6) is 5.75 Å². The molecule has 3 rings (SSSR count). The van der Waals surface area contributed by atoms with Gasteiger partial charge in [0.05, 0.1) is 12.9 Å². The van der Waals surface area contributed by atoms with Gasteiger partial charge in [0.15, 0.2) is 11.0 Å². The van der Waals surface area contributed by atoms with Gasteiger partial charge in [-0.05, 0) is 56.5 Å². The number of benzene rings is 2. The van der Waals surface area contributed by atoms with Gasteiger partial charge in [0, 0.05) is 18.2 Å². The molecule has 0 aliphatic rings. The summed E-state index contributed by atoms with van der Waals surface area (Å²) in [6.07, 6.45) is 1.86. The summed E-state index contributed by atoms with van der Waals surface area (Å²) >= 11 is 1.41. The Bertz CT molecular complexity index is 942. The molecule has 30 heavy (non-hydrogen) atoms. The lowest BCUT2D eigenvalue weighted by Gasteiger charge is -2.14. The molecule has 0 bridgehead atoms. The molecule has 0 saturated heterocycles. The van der Waals surface area contributed by atoms with E-state index in [-0.39, 0.29) is 11.9 Å². The normalized spacial score (nSPS) is 11.8. The number of hydrogen-bond donors (Lipinski definition) is 1. The number of thioether (sulfide) groups is 1. The highest BCUT2D eigenvalue weighted by Crippen LogP contribution is 2.25. The van der Waals surface area contributed by atoms with E-state index < -0.39 is 0 Å². The van der Waals surface area contributed by atoms with Crippen molar-refractivity contribution in [3.63, 3.8) is 0 Å². The van der Waals surface area contributed by atoms with Crippen molar-refractivity contribution in [1.82, 2.24) is 20.1 Å². The molecule has 0 fully saturated rings. The van der Waals surface area contributed by atoms with Gasteiger partial charge >= 0.3 is 0 Å². The smallest absolute Gasteiger partial charge is 0.230 e. The summed E-state index contributed by atoms with van der Waals surface area (Å²) in [6.45, 7) is 4.82. The maximum Gasteiger partial charge on any atom is 0.230 e. The van der Waals surface area contributed by atoms with Crippen molar-refractivity contribution in [1.29, 1.82) is 0 Å². The molecule has 6 nitrogen and oxygen atoms in total. The Balaban J connectivity index is 1.53. The lowest BCUT2D eigenvalue weighted by Crippen LogP contribution is -2.34. The molecule has 1 N–H and O–H groups in total. The quantitative estimate of drug-likeness (QED) is 0.494. The second-order valence-electron chi connectivity index (χ2n) is 7.06. The molecule has 158 valence electrons. The molecule has 0 spiro atoms. The Morgan fingerprint density at radius 2 is 1.87 bits per heavy atom. The number of methoxy groups -OCH3 is 1. The predicted molar refractivity (Wildman–Crippen MR) is 121 cm³/mol. The first-order chi connectivity index (χ1) is 14.6. The summed E-state index contributed by atoms with van der Waals surface area (Å²) in [7, 11) is 1.64. The molecule has 2 aromatic carbocycles. The van der Waals surface area contributed by atoms with Crippen LogP contribution in [0.2, 0.25) is 0 Å². The zero-order chi connectivity index (χ0) is 21.3. The van der Waals surface area contributed by atoms with Crippen LogP contribution < -0.4 is 10.1 Å². The summed E-state index contributed by atoms with van der Waals surface area (Å²) in [5.41, 5.74) is 2.26. The van der Waals surface area contributed by atoms with Crippen LogP contribution in [-0.4, -0.2) is 39.6 Å². The van der Waals surface area contributed by atoms with Crippen molar-refractivity contribution in [3.8, 4) is 17.1 Å². The van der Waals surface area contributed by atoms with Crippen molar-refractivity contribution >= 4 is 17.7 Å². The van der Waals surface area contributed by atoms with Gasteiger partial charge in [-0.15, -0.1) is 10.2 Å². The number of amides is 1. The van der Waals surface area contributed by atoms with Crippen LogP contribution in [0.3, 0.4) is 0 Å². The third-order valence-electron chi connectivity index (χ3n) is 4.83. The summed E-state index contributed by atoms with van der Waals surface area (Å²) < 4.78 is 7.24. The minimum Gasteiger partial charge on any atom is -0.497 e. The van der Waals surface area contributed by atoms with Gasteiger partial charge < -0.3 is 14.6 Å². The van der Waals surface area contributed by atoms with Crippen molar-refractivity contribution in [2.24, 2.45) is 0 Å². The number of carbonyl (C=O) groups is 1. The number of hydrogen-bond acceptors (Lipinski definition) is 5.